The van der Waals surface area contributed by atoms with Crippen molar-refractivity contribution >= 4 is 0 Å². The quantitative estimate of drug-likeness (QED) is 0.869. The Hall–Kier alpha value is -2.49. The molecule has 20 heavy (non-hydrogen) atoms. The minimum atomic E-state index is -4.33. The molecule has 0 unspecified atom stereocenters. The molecule has 0 aliphatic rings. The van der Waals surface area contributed by atoms with Gasteiger partial charge in [0.25, 0.3) is 0 Å². The second kappa shape index (κ2) is 5.25. The Balaban J connectivity index is 2.39. The molecule has 2 aromatic rings. The predicted octanol–water partition coefficient (Wildman–Crippen LogP) is 2.99. The van der Waals surface area contributed by atoms with E-state index in [0.717, 1.165) is 4.68 Å². The maximum atomic E-state index is 12.3. The lowest BCUT2D eigenvalue weighted by atomic mass is 10.1. The molecule has 0 N–H and O–H groups in total. The zero-order valence-corrected chi connectivity index (χ0v) is 10.5. The van der Waals surface area contributed by atoms with E-state index in [1.54, 1.807) is 18.2 Å². The van der Waals surface area contributed by atoms with Crippen LogP contribution in [-0.2, 0) is 6.54 Å². The Kier molecular flexibility index (Phi) is 3.66. The van der Waals surface area contributed by atoms with Gasteiger partial charge in [-0.05, 0) is 18.2 Å². The maximum absolute atomic E-state index is 12.3. The summed E-state index contributed by atoms with van der Waals surface area (Å²) in [6.07, 6.45) is -1.75. The van der Waals surface area contributed by atoms with Gasteiger partial charge in [0.2, 0.25) is 0 Å². The third kappa shape index (κ3) is 3.09. The molecule has 0 fully saturated rings. The zero-order chi connectivity index (χ0) is 14.8. The number of ether oxygens (including phenoxy) is 1. The lowest BCUT2D eigenvalue weighted by molar-refractivity contribution is -0.142. The minimum absolute atomic E-state index is 0.393. The second-order valence-corrected chi connectivity index (χ2v) is 4.07. The van der Waals surface area contributed by atoms with E-state index >= 15 is 0 Å². The van der Waals surface area contributed by atoms with Crippen molar-refractivity contribution in [3.8, 4) is 22.9 Å². The molecular formula is C13H10F3N3O. The van der Waals surface area contributed by atoms with Crippen LogP contribution in [0.25, 0.3) is 11.1 Å². The molecule has 4 nitrogen and oxygen atoms in total. The van der Waals surface area contributed by atoms with Crippen molar-refractivity contribution in [2.24, 2.45) is 0 Å². The molecule has 0 aliphatic carbocycles. The molecule has 1 aromatic carbocycles. The van der Waals surface area contributed by atoms with Crippen molar-refractivity contribution in [3.63, 3.8) is 0 Å². The smallest absolute Gasteiger partial charge is 0.408 e. The number of rotatable bonds is 3. The molecule has 0 saturated carbocycles. The number of alkyl halides is 3. The second-order valence-electron chi connectivity index (χ2n) is 4.07. The predicted molar refractivity (Wildman–Crippen MR) is 65.0 cm³/mol. The van der Waals surface area contributed by atoms with Crippen LogP contribution in [0.5, 0.6) is 5.75 Å². The van der Waals surface area contributed by atoms with E-state index in [0.29, 0.717) is 22.4 Å². The van der Waals surface area contributed by atoms with Crippen molar-refractivity contribution in [3.05, 3.63) is 36.2 Å². The van der Waals surface area contributed by atoms with Crippen LogP contribution in [0.4, 0.5) is 13.2 Å². The Labute approximate surface area is 113 Å². The van der Waals surface area contributed by atoms with E-state index in [4.69, 9.17) is 10.00 Å². The van der Waals surface area contributed by atoms with Crippen LogP contribution in [0.1, 0.15) is 5.56 Å². The average molecular weight is 281 g/mol. The van der Waals surface area contributed by atoms with Gasteiger partial charge in [-0.1, -0.05) is 0 Å². The van der Waals surface area contributed by atoms with E-state index in [1.165, 1.54) is 19.5 Å². The molecular weight excluding hydrogens is 271 g/mol. The van der Waals surface area contributed by atoms with Gasteiger partial charge >= 0.3 is 6.18 Å². The van der Waals surface area contributed by atoms with Crippen molar-refractivity contribution in [1.29, 1.82) is 5.26 Å². The minimum Gasteiger partial charge on any atom is -0.496 e. The third-order valence-electron chi connectivity index (χ3n) is 2.61. The summed E-state index contributed by atoms with van der Waals surface area (Å²) in [5, 5.41) is 12.5. The zero-order valence-electron chi connectivity index (χ0n) is 10.5. The highest BCUT2D eigenvalue weighted by Crippen LogP contribution is 2.31. The fraction of sp³-hybridized carbons (Fsp3) is 0.231. The Morgan fingerprint density at radius 2 is 2.15 bits per heavy atom. The summed E-state index contributed by atoms with van der Waals surface area (Å²) < 4.78 is 42.8. The molecule has 0 atom stereocenters. The Bertz CT molecular complexity index is 656. The number of hydrogen-bond acceptors (Lipinski definition) is 3. The SMILES string of the molecule is COc1ccc(C#N)cc1-c1cnn(CC(F)(F)F)c1. The first-order valence-electron chi connectivity index (χ1n) is 5.60. The molecule has 104 valence electrons. The van der Waals surface area contributed by atoms with Crippen LogP contribution in [0, 0.1) is 11.3 Å². The highest BCUT2D eigenvalue weighted by Gasteiger charge is 2.28. The fourth-order valence-electron chi connectivity index (χ4n) is 1.78. The number of nitriles is 1. The standard InChI is InChI=1S/C13H10F3N3O/c1-20-12-3-2-9(5-17)4-11(12)10-6-18-19(7-10)8-13(14,15)16/h2-4,6-7H,8H2,1H3. The summed E-state index contributed by atoms with van der Waals surface area (Å²) in [6.45, 7) is -1.16. The third-order valence-corrected chi connectivity index (χ3v) is 2.61. The Morgan fingerprint density at radius 3 is 2.75 bits per heavy atom. The van der Waals surface area contributed by atoms with Gasteiger partial charge in [0.05, 0.1) is 24.9 Å². The van der Waals surface area contributed by atoms with Crippen molar-refractivity contribution in [1.82, 2.24) is 9.78 Å². The topological polar surface area (TPSA) is 50.8 Å². The van der Waals surface area contributed by atoms with E-state index < -0.39 is 12.7 Å². The summed E-state index contributed by atoms with van der Waals surface area (Å²) in [5.41, 5.74) is 1.38. The number of methoxy groups -OCH3 is 1. The van der Waals surface area contributed by atoms with Gasteiger partial charge in [0.1, 0.15) is 12.3 Å². The van der Waals surface area contributed by atoms with Crippen LogP contribution >= 0.6 is 0 Å². The number of halogens is 3. The van der Waals surface area contributed by atoms with Crippen molar-refractivity contribution in [2.75, 3.05) is 7.11 Å². The van der Waals surface area contributed by atoms with Gasteiger partial charge in [0, 0.05) is 17.3 Å². The summed E-state index contributed by atoms with van der Waals surface area (Å²) in [5.74, 6) is 0.468. The first-order valence-corrected chi connectivity index (χ1v) is 5.60. The van der Waals surface area contributed by atoms with Gasteiger partial charge in [-0.2, -0.15) is 23.5 Å². The maximum Gasteiger partial charge on any atom is 0.408 e. The molecule has 7 heteroatoms. The van der Waals surface area contributed by atoms with Crippen LogP contribution in [0.2, 0.25) is 0 Å². The number of aromatic nitrogens is 2. The molecule has 0 saturated heterocycles. The molecule has 0 amide bonds. The number of hydrogen-bond donors (Lipinski definition) is 0. The largest absolute Gasteiger partial charge is 0.496 e. The van der Waals surface area contributed by atoms with E-state index in [9.17, 15) is 13.2 Å². The van der Waals surface area contributed by atoms with Gasteiger partial charge in [-0.15, -0.1) is 0 Å². The summed E-state index contributed by atoms with van der Waals surface area (Å²) >= 11 is 0. The van der Waals surface area contributed by atoms with Gasteiger partial charge in [-0.25, -0.2) is 0 Å². The molecule has 1 heterocycles. The van der Waals surface area contributed by atoms with E-state index in [-0.39, 0.29) is 0 Å². The number of benzene rings is 1. The monoisotopic (exact) mass is 281 g/mol. The molecule has 1 aromatic heterocycles. The average Bonchev–Trinajstić information content (AvgIpc) is 2.84. The Morgan fingerprint density at radius 1 is 1.40 bits per heavy atom. The van der Waals surface area contributed by atoms with Crippen LogP contribution in [-0.4, -0.2) is 23.1 Å². The highest BCUT2D eigenvalue weighted by molar-refractivity contribution is 5.71. The highest BCUT2D eigenvalue weighted by atomic mass is 19.4. The molecule has 2 rings (SSSR count). The first kappa shape index (κ1) is 13.9. The van der Waals surface area contributed by atoms with Crippen LogP contribution in [0.15, 0.2) is 30.6 Å². The molecule has 0 radical (unpaired) electrons. The fourth-order valence-corrected chi connectivity index (χ4v) is 1.78. The number of nitrogens with zero attached hydrogens (tertiary/aromatic N) is 3. The van der Waals surface area contributed by atoms with Gasteiger partial charge in [-0.3, -0.25) is 4.68 Å². The lowest BCUT2D eigenvalue weighted by Crippen LogP contribution is -2.17. The normalized spacial score (nSPS) is 11.2. The summed E-state index contributed by atoms with van der Waals surface area (Å²) in [6, 6.07) is 6.68. The summed E-state index contributed by atoms with van der Waals surface area (Å²) in [4.78, 5) is 0. The lowest BCUT2D eigenvalue weighted by Gasteiger charge is -2.07. The van der Waals surface area contributed by atoms with Gasteiger partial charge in [0.15, 0.2) is 0 Å². The molecule has 0 spiro atoms. The molecule has 0 bridgehead atoms. The first-order chi connectivity index (χ1) is 9.43. The van der Waals surface area contributed by atoms with Crippen molar-refractivity contribution < 1.29 is 17.9 Å². The van der Waals surface area contributed by atoms with Crippen LogP contribution in [0.3, 0.4) is 0 Å². The van der Waals surface area contributed by atoms with E-state index in [2.05, 4.69) is 5.10 Å². The van der Waals surface area contributed by atoms with Crippen LogP contribution < -0.4 is 4.74 Å². The van der Waals surface area contributed by atoms with E-state index in [1.807, 2.05) is 6.07 Å². The van der Waals surface area contributed by atoms with Crippen molar-refractivity contribution in [2.45, 2.75) is 12.7 Å². The summed E-state index contributed by atoms with van der Waals surface area (Å²) in [7, 11) is 1.45. The molecule has 0 aliphatic heterocycles. The van der Waals surface area contributed by atoms with Gasteiger partial charge < -0.3 is 4.74 Å².